The number of aliphatic carboxylic acids is 1. The number of amides is 1. The molecule has 0 aliphatic heterocycles. The van der Waals surface area contributed by atoms with Crippen LogP contribution in [-0.2, 0) is 9.59 Å². The van der Waals surface area contributed by atoms with Crippen molar-refractivity contribution >= 4 is 23.2 Å². The molecule has 1 aromatic heterocycles. The van der Waals surface area contributed by atoms with Gasteiger partial charge in [-0.05, 0) is 11.4 Å². The van der Waals surface area contributed by atoms with Crippen LogP contribution in [-0.4, -0.2) is 17.0 Å². The van der Waals surface area contributed by atoms with E-state index in [9.17, 15) is 9.59 Å². The lowest BCUT2D eigenvalue weighted by molar-refractivity contribution is -0.141. The van der Waals surface area contributed by atoms with Crippen molar-refractivity contribution < 1.29 is 14.7 Å². The predicted molar refractivity (Wildman–Crippen MR) is 55.2 cm³/mol. The Balaban J connectivity index is 0.00000169. The Morgan fingerprint density at radius 3 is 2.57 bits per heavy atom. The number of thiophene rings is 1. The normalized spacial score (nSPS) is 11.2. The average Bonchev–Trinajstić information content (AvgIpc) is 2.50. The van der Waals surface area contributed by atoms with Crippen LogP contribution in [0.25, 0.3) is 0 Å². The second kappa shape index (κ2) is 5.39. The van der Waals surface area contributed by atoms with E-state index in [0.29, 0.717) is 4.88 Å². The second-order valence-electron chi connectivity index (χ2n) is 2.49. The molecule has 1 unspecified atom stereocenters. The number of carboxylic acid groups (broad SMARTS) is 1. The molecule has 78 valence electrons. The topological polar surface area (TPSA) is 66.4 Å². The lowest BCUT2D eigenvalue weighted by Gasteiger charge is -2.10. The van der Waals surface area contributed by atoms with Gasteiger partial charge in [0.2, 0.25) is 5.91 Å². The van der Waals surface area contributed by atoms with Gasteiger partial charge in [0, 0.05) is 11.8 Å². The maximum absolute atomic E-state index is 10.7. The fraction of sp³-hybridized carbons (Fsp3) is 0.333. The van der Waals surface area contributed by atoms with Crippen LogP contribution in [0.5, 0.6) is 0 Å². The Morgan fingerprint density at radius 1 is 1.57 bits per heavy atom. The molecule has 0 aromatic carbocycles. The molecule has 0 radical (unpaired) electrons. The van der Waals surface area contributed by atoms with Crippen molar-refractivity contribution in [2.45, 2.75) is 20.4 Å². The molecule has 1 rings (SSSR count). The van der Waals surface area contributed by atoms with E-state index < -0.39 is 12.0 Å². The Hall–Kier alpha value is -1.36. The third-order valence-electron chi connectivity index (χ3n) is 1.42. The fourth-order valence-electron chi connectivity index (χ4n) is 0.913. The predicted octanol–water partition coefficient (Wildman–Crippen LogP) is 1.65. The molecule has 1 aromatic rings. The molecular formula is C9H13NO3S. The molecule has 4 nitrogen and oxygen atoms in total. The number of carbonyl (C=O) groups excluding carboxylic acids is 1. The van der Waals surface area contributed by atoms with E-state index in [2.05, 4.69) is 5.32 Å². The molecule has 0 fully saturated rings. The fourth-order valence-corrected chi connectivity index (χ4v) is 1.68. The lowest BCUT2D eigenvalue weighted by atomic mass is 10.2. The molecular weight excluding hydrogens is 202 g/mol. The summed E-state index contributed by atoms with van der Waals surface area (Å²) in [4.78, 5) is 22.0. The van der Waals surface area contributed by atoms with Gasteiger partial charge in [-0.1, -0.05) is 13.5 Å². The van der Waals surface area contributed by atoms with E-state index in [1.807, 2.05) is 0 Å². The summed E-state index contributed by atoms with van der Waals surface area (Å²) in [5.41, 5.74) is 0. The Kier molecular flexibility index (Phi) is 4.86. The molecule has 0 aliphatic rings. The summed E-state index contributed by atoms with van der Waals surface area (Å²) in [5, 5.41) is 12.9. The third kappa shape index (κ3) is 3.18. The minimum atomic E-state index is -1.04. The van der Waals surface area contributed by atoms with E-state index in [1.54, 1.807) is 17.5 Å². The van der Waals surface area contributed by atoms with Gasteiger partial charge in [-0.15, -0.1) is 11.3 Å². The number of carboxylic acids is 1. The minimum absolute atomic E-state index is 0. The molecule has 5 heteroatoms. The highest BCUT2D eigenvalue weighted by molar-refractivity contribution is 7.10. The van der Waals surface area contributed by atoms with Gasteiger partial charge in [0.15, 0.2) is 6.04 Å². The Bertz CT molecular complexity index is 308. The molecule has 1 amide bonds. The van der Waals surface area contributed by atoms with Crippen LogP contribution in [0.1, 0.15) is 25.3 Å². The van der Waals surface area contributed by atoms with Crippen LogP contribution in [0.15, 0.2) is 17.5 Å². The van der Waals surface area contributed by atoms with Crippen LogP contribution >= 0.6 is 11.3 Å². The summed E-state index contributed by atoms with van der Waals surface area (Å²) in [7, 11) is 0. The van der Waals surface area contributed by atoms with Gasteiger partial charge in [-0.3, -0.25) is 4.79 Å². The number of nitrogens with one attached hydrogen (secondary N) is 1. The van der Waals surface area contributed by atoms with Crippen LogP contribution in [0.4, 0.5) is 0 Å². The third-order valence-corrected chi connectivity index (χ3v) is 2.36. The van der Waals surface area contributed by atoms with E-state index >= 15 is 0 Å². The number of hydrogen-bond donors (Lipinski definition) is 2. The molecule has 0 saturated heterocycles. The summed E-state index contributed by atoms with van der Waals surface area (Å²) in [6.07, 6.45) is 0. The highest BCUT2D eigenvalue weighted by Crippen LogP contribution is 2.18. The van der Waals surface area contributed by atoms with Crippen LogP contribution in [0.2, 0.25) is 0 Å². The average molecular weight is 215 g/mol. The van der Waals surface area contributed by atoms with E-state index in [1.165, 1.54) is 18.3 Å². The van der Waals surface area contributed by atoms with Crippen LogP contribution in [0, 0.1) is 0 Å². The quantitative estimate of drug-likeness (QED) is 0.805. The number of rotatable bonds is 3. The van der Waals surface area contributed by atoms with E-state index in [-0.39, 0.29) is 13.3 Å². The van der Waals surface area contributed by atoms with Gasteiger partial charge in [-0.25, -0.2) is 4.79 Å². The molecule has 2 N–H and O–H groups in total. The zero-order chi connectivity index (χ0) is 9.84. The van der Waals surface area contributed by atoms with Crippen molar-refractivity contribution in [3.63, 3.8) is 0 Å². The summed E-state index contributed by atoms with van der Waals surface area (Å²) in [6, 6.07) is 2.51. The zero-order valence-corrected chi connectivity index (χ0v) is 7.80. The summed E-state index contributed by atoms with van der Waals surface area (Å²) in [5.74, 6) is -1.39. The van der Waals surface area contributed by atoms with Gasteiger partial charge < -0.3 is 10.4 Å². The van der Waals surface area contributed by atoms with Crippen molar-refractivity contribution in [1.29, 1.82) is 0 Å². The van der Waals surface area contributed by atoms with Gasteiger partial charge in [0.1, 0.15) is 0 Å². The minimum Gasteiger partial charge on any atom is -0.479 e. The first-order chi connectivity index (χ1) is 6.11. The first-order valence-corrected chi connectivity index (χ1v) is 4.52. The zero-order valence-electron chi connectivity index (χ0n) is 6.98. The first kappa shape index (κ1) is 12.6. The van der Waals surface area contributed by atoms with Crippen molar-refractivity contribution in [1.82, 2.24) is 5.32 Å². The molecule has 14 heavy (non-hydrogen) atoms. The van der Waals surface area contributed by atoms with E-state index in [0.717, 1.165) is 0 Å². The van der Waals surface area contributed by atoms with Gasteiger partial charge >= 0.3 is 5.97 Å². The Morgan fingerprint density at radius 2 is 2.21 bits per heavy atom. The first-order valence-electron chi connectivity index (χ1n) is 3.64. The molecule has 0 aliphatic carbocycles. The van der Waals surface area contributed by atoms with Gasteiger partial charge in [0.05, 0.1) is 0 Å². The van der Waals surface area contributed by atoms with Crippen LogP contribution in [0.3, 0.4) is 0 Å². The SMILES string of the molecule is C.CC(=O)NC(C(=O)O)c1cccs1. The maximum atomic E-state index is 10.7. The van der Waals surface area contributed by atoms with Crippen molar-refractivity contribution in [2.24, 2.45) is 0 Å². The highest BCUT2D eigenvalue weighted by atomic mass is 32.1. The van der Waals surface area contributed by atoms with Crippen molar-refractivity contribution in [3.05, 3.63) is 22.4 Å². The highest BCUT2D eigenvalue weighted by Gasteiger charge is 2.20. The largest absolute Gasteiger partial charge is 0.479 e. The molecule has 1 atom stereocenters. The smallest absolute Gasteiger partial charge is 0.331 e. The maximum Gasteiger partial charge on any atom is 0.331 e. The van der Waals surface area contributed by atoms with Crippen molar-refractivity contribution in [3.8, 4) is 0 Å². The number of carbonyl (C=O) groups is 2. The van der Waals surface area contributed by atoms with Gasteiger partial charge in [0.25, 0.3) is 0 Å². The van der Waals surface area contributed by atoms with E-state index in [4.69, 9.17) is 5.11 Å². The van der Waals surface area contributed by atoms with Gasteiger partial charge in [-0.2, -0.15) is 0 Å². The summed E-state index contributed by atoms with van der Waals surface area (Å²) < 4.78 is 0. The summed E-state index contributed by atoms with van der Waals surface area (Å²) >= 11 is 1.31. The molecule has 1 heterocycles. The second-order valence-corrected chi connectivity index (χ2v) is 3.47. The lowest BCUT2D eigenvalue weighted by Crippen LogP contribution is -2.31. The monoisotopic (exact) mass is 215 g/mol. The summed E-state index contributed by atoms with van der Waals surface area (Å²) in [6.45, 7) is 1.30. The van der Waals surface area contributed by atoms with Crippen molar-refractivity contribution in [2.75, 3.05) is 0 Å². The Labute approximate surface area is 86.6 Å². The number of hydrogen-bond acceptors (Lipinski definition) is 3. The van der Waals surface area contributed by atoms with Crippen LogP contribution < -0.4 is 5.32 Å². The molecule has 0 spiro atoms. The molecule has 0 bridgehead atoms. The molecule has 0 saturated carbocycles. The standard InChI is InChI=1S/C8H9NO3S.CH4/c1-5(10)9-7(8(11)12)6-3-2-4-13-6;/h2-4,7H,1H3,(H,9,10)(H,11,12);1H4.